The third-order valence-corrected chi connectivity index (χ3v) is 4.22. The first-order chi connectivity index (χ1) is 9.69. The van der Waals surface area contributed by atoms with Crippen LogP contribution in [-0.2, 0) is 22.6 Å². The number of fused-ring (bicyclic) bond motifs is 1. The lowest BCUT2D eigenvalue weighted by Crippen LogP contribution is -2.40. The molecule has 1 aromatic heterocycles. The fourth-order valence-electron chi connectivity index (χ4n) is 3.06. The van der Waals surface area contributed by atoms with Gasteiger partial charge in [0.25, 0.3) is 0 Å². The number of hydrogen-bond donors (Lipinski definition) is 0. The quantitative estimate of drug-likeness (QED) is 0.802. The smallest absolute Gasteiger partial charge is 0.228 e. The summed E-state index contributed by atoms with van der Waals surface area (Å²) in [5, 5.41) is 0. The lowest BCUT2D eigenvalue weighted by molar-refractivity contribution is -0.136. The minimum absolute atomic E-state index is 0.102. The summed E-state index contributed by atoms with van der Waals surface area (Å²) < 4.78 is 0. The van der Waals surface area contributed by atoms with Crippen molar-refractivity contribution < 1.29 is 9.59 Å². The Labute approximate surface area is 118 Å². The van der Waals surface area contributed by atoms with Gasteiger partial charge in [0, 0.05) is 50.9 Å². The molecular weight excluding hydrogens is 254 g/mol. The van der Waals surface area contributed by atoms with E-state index in [2.05, 4.69) is 4.98 Å². The van der Waals surface area contributed by atoms with Gasteiger partial charge in [0.2, 0.25) is 11.8 Å². The summed E-state index contributed by atoms with van der Waals surface area (Å²) in [5.74, 6) is 0.0504. The van der Waals surface area contributed by atoms with Crippen LogP contribution in [0.15, 0.2) is 18.3 Å². The molecule has 1 atom stereocenters. The molecule has 0 N–H and O–H groups in total. The van der Waals surface area contributed by atoms with Crippen LogP contribution < -0.4 is 0 Å². The highest BCUT2D eigenvalue weighted by Gasteiger charge is 2.36. The van der Waals surface area contributed by atoms with Gasteiger partial charge in [-0.15, -0.1) is 0 Å². The highest BCUT2D eigenvalue weighted by atomic mass is 16.2. The van der Waals surface area contributed by atoms with Crippen molar-refractivity contribution in [2.45, 2.75) is 26.3 Å². The number of aromatic nitrogens is 1. The minimum atomic E-state index is -0.166. The Balaban J connectivity index is 1.69. The van der Waals surface area contributed by atoms with Gasteiger partial charge >= 0.3 is 0 Å². The Kier molecular flexibility index (Phi) is 3.42. The van der Waals surface area contributed by atoms with Crippen LogP contribution in [0.4, 0.5) is 0 Å². The summed E-state index contributed by atoms with van der Waals surface area (Å²) in [7, 11) is 0. The molecule has 0 saturated carbocycles. The van der Waals surface area contributed by atoms with Crippen molar-refractivity contribution in [3.8, 4) is 0 Å². The zero-order chi connectivity index (χ0) is 14.1. The van der Waals surface area contributed by atoms with Crippen LogP contribution >= 0.6 is 0 Å². The predicted molar refractivity (Wildman–Crippen MR) is 73.7 cm³/mol. The number of likely N-dealkylation sites (tertiary alicyclic amines) is 1. The van der Waals surface area contributed by atoms with Crippen molar-refractivity contribution in [3.05, 3.63) is 29.6 Å². The first-order valence-electron chi connectivity index (χ1n) is 7.18. The van der Waals surface area contributed by atoms with Crippen LogP contribution in [0.5, 0.6) is 0 Å². The molecule has 3 rings (SSSR count). The Morgan fingerprint density at radius 2 is 2.35 bits per heavy atom. The molecule has 3 heterocycles. The van der Waals surface area contributed by atoms with E-state index in [1.54, 1.807) is 11.1 Å². The SMILES string of the molecule is CCN1CC(C(=O)N2CCc3ncccc3C2)CC1=O. The number of carbonyl (C=O) groups is 2. The summed E-state index contributed by atoms with van der Waals surface area (Å²) in [4.78, 5) is 32.3. The van der Waals surface area contributed by atoms with E-state index in [0.717, 1.165) is 17.7 Å². The normalized spacial score (nSPS) is 22.1. The van der Waals surface area contributed by atoms with Gasteiger partial charge < -0.3 is 9.80 Å². The van der Waals surface area contributed by atoms with E-state index in [0.29, 0.717) is 32.6 Å². The minimum Gasteiger partial charge on any atom is -0.342 e. The van der Waals surface area contributed by atoms with Crippen molar-refractivity contribution in [1.29, 1.82) is 0 Å². The monoisotopic (exact) mass is 273 g/mol. The molecule has 2 amide bonds. The second kappa shape index (κ2) is 5.23. The van der Waals surface area contributed by atoms with Crippen molar-refractivity contribution >= 4 is 11.8 Å². The van der Waals surface area contributed by atoms with Crippen molar-refractivity contribution in [1.82, 2.24) is 14.8 Å². The van der Waals surface area contributed by atoms with Gasteiger partial charge in [-0.05, 0) is 18.6 Å². The number of carbonyl (C=O) groups excluding carboxylic acids is 2. The van der Waals surface area contributed by atoms with E-state index in [9.17, 15) is 9.59 Å². The van der Waals surface area contributed by atoms with Crippen LogP contribution in [0.1, 0.15) is 24.6 Å². The summed E-state index contributed by atoms with van der Waals surface area (Å²) in [6, 6.07) is 3.94. The Bertz CT molecular complexity index is 544. The van der Waals surface area contributed by atoms with Crippen LogP contribution in [-0.4, -0.2) is 46.2 Å². The lowest BCUT2D eigenvalue weighted by atomic mass is 10.0. The van der Waals surface area contributed by atoms with E-state index >= 15 is 0 Å². The number of pyridine rings is 1. The molecule has 2 aliphatic heterocycles. The maximum Gasteiger partial charge on any atom is 0.228 e. The fraction of sp³-hybridized carbons (Fsp3) is 0.533. The van der Waals surface area contributed by atoms with E-state index in [1.165, 1.54) is 0 Å². The van der Waals surface area contributed by atoms with Gasteiger partial charge in [-0.3, -0.25) is 14.6 Å². The van der Waals surface area contributed by atoms with Crippen LogP contribution in [0, 0.1) is 5.92 Å². The third-order valence-electron chi connectivity index (χ3n) is 4.22. The molecule has 5 nitrogen and oxygen atoms in total. The number of amides is 2. The number of nitrogens with zero attached hydrogens (tertiary/aromatic N) is 3. The standard InChI is InChI=1S/C15H19N3O2/c1-2-17-10-12(8-14(17)19)15(20)18-7-5-13-11(9-18)4-3-6-16-13/h3-4,6,12H,2,5,7-10H2,1H3. The van der Waals surface area contributed by atoms with E-state index in [1.807, 2.05) is 24.0 Å². The third kappa shape index (κ3) is 2.28. The molecule has 0 aliphatic carbocycles. The molecule has 0 spiro atoms. The average molecular weight is 273 g/mol. The van der Waals surface area contributed by atoms with Gasteiger partial charge in [-0.1, -0.05) is 6.07 Å². The topological polar surface area (TPSA) is 53.5 Å². The largest absolute Gasteiger partial charge is 0.342 e. The summed E-state index contributed by atoms with van der Waals surface area (Å²) in [6.07, 6.45) is 2.97. The van der Waals surface area contributed by atoms with E-state index in [-0.39, 0.29) is 17.7 Å². The zero-order valence-corrected chi connectivity index (χ0v) is 11.7. The van der Waals surface area contributed by atoms with Crippen molar-refractivity contribution in [2.75, 3.05) is 19.6 Å². The highest BCUT2D eigenvalue weighted by molar-refractivity contribution is 5.89. The number of hydrogen-bond acceptors (Lipinski definition) is 3. The molecular formula is C15H19N3O2. The van der Waals surface area contributed by atoms with Gasteiger partial charge in [-0.2, -0.15) is 0 Å². The Morgan fingerprint density at radius 1 is 1.50 bits per heavy atom. The fourth-order valence-corrected chi connectivity index (χ4v) is 3.06. The first kappa shape index (κ1) is 13.1. The zero-order valence-electron chi connectivity index (χ0n) is 11.7. The summed E-state index contributed by atoms with van der Waals surface area (Å²) in [6.45, 7) is 4.55. The lowest BCUT2D eigenvalue weighted by Gasteiger charge is -2.30. The maximum absolute atomic E-state index is 12.5. The molecule has 0 bridgehead atoms. The van der Waals surface area contributed by atoms with Crippen LogP contribution in [0.25, 0.3) is 0 Å². The number of rotatable bonds is 2. The van der Waals surface area contributed by atoms with E-state index in [4.69, 9.17) is 0 Å². The van der Waals surface area contributed by atoms with Gasteiger partial charge in [0.15, 0.2) is 0 Å². The first-order valence-corrected chi connectivity index (χ1v) is 7.18. The van der Waals surface area contributed by atoms with Gasteiger partial charge in [-0.25, -0.2) is 0 Å². The second-order valence-electron chi connectivity index (χ2n) is 5.45. The molecule has 1 unspecified atom stereocenters. The highest BCUT2D eigenvalue weighted by Crippen LogP contribution is 2.23. The molecule has 1 aromatic rings. The summed E-state index contributed by atoms with van der Waals surface area (Å²) >= 11 is 0. The second-order valence-corrected chi connectivity index (χ2v) is 5.45. The van der Waals surface area contributed by atoms with E-state index < -0.39 is 0 Å². The molecule has 2 aliphatic rings. The molecule has 106 valence electrons. The van der Waals surface area contributed by atoms with Crippen LogP contribution in [0.3, 0.4) is 0 Å². The molecule has 1 fully saturated rings. The molecule has 0 radical (unpaired) electrons. The molecule has 1 saturated heterocycles. The maximum atomic E-state index is 12.5. The summed E-state index contributed by atoms with van der Waals surface area (Å²) in [5.41, 5.74) is 2.22. The Morgan fingerprint density at radius 3 is 3.10 bits per heavy atom. The van der Waals surface area contributed by atoms with Crippen molar-refractivity contribution in [3.63, 3.8) is 0 Å². The average Bonchev–Trinajstić information content (AvgIpc) is 2.87. The predicted octanol–water partition coefficient (Wildman–Crippen LogP) is 0.835. The molecule has 5 heteroatoms. The van der Waals surface area contributed by atoms with Gasteiger partial charge in [0.05, 0.1) is 5.92 Å². The van der Waals surface area contributed by atoms with Crippen molar-refractivity contribution in [2.24, 2.45) is 5.92 Å². The van der Waals surface area contributed by atoms with Gasteiger partial charge in [0.1, 0.15) is 0 Å². The van der Waals surface area contributed by atoms with Crippen LogP contribution in [0.2, 0.25) is 0 Å². The Hall–Kier alpha value is -1.91. The molecule has 0 aromatic carbocycles. The molecule has 20 heavy (non-hydrogen) atoms.